The van der Waals surface area contributed by atoms with E-state index in [0.29, 0.717) is 0 Å². The van der Waals surface area contributed by atoms with E-state index in [9.17, 15) is 0 Å². The van der Waals surface area contributed by atoms with Crippen molar-refractivity contribution in [2.24, 2.45) is 0 Å². The third-order valence-electron chi connectivity index (χ3n) is 22.8. The number of nitrogens with zero attached hydrogens (tertiary/aromatic N) is 4. The Morgan fingerprint density at radius 2 is 0.636 bits per heavy atom. The molecule has 0 saturated carbocycles. The summed E-state index contributed by atoms with van der Waals surface area (Å²) in [6.07, 6.45) is 0. The van der Waals surface area contributed by atoms with Gasteiger partial charge < -0.3 is 19.3 Å². The molecule has 0 radical (unpaired) electrons. The summed E-state index contributed by atoms with van der Waals surface area (Å²) in [7, 11) is 0. The van der Waals surface area contributed by atoms with E-state index in [4.69, 9.17) is 0 Å². The van der Waals surface area contributed by atoms with Crippen LogP contribution in [-0.2, 0) is 10.8 Å². The lowest BCUT2D eigenvalue weighted by atomic mass is 9.33. The quantitative estimate of drug-likeness (QED) is 0.0947. The van der Waals surface area contributed by atoms with Crippen LogP contribution in [0.25, 0.3) is 115 Å². The van der Waals surface area contributed by atoms with E-state index in [2.05, 4.69) is 419 Å². The molecule has 17 aromatic carbocycles. The van der Waals surface area contributed by atoms with Crippen molar-refractivity contribution in [1.82, 2.24) is 4.57 Å². The van der Waals surface area contributed by atoms with Gasteiger partial charge in [-0.3, -0.25) is 0 Å². The molecule has 0 aliphatic carbocycles. The molecule has 508 valence electrons. The highest BCUT2D eigenvalue weighted by atomic mass is 15.2. The fourth-order valence-electron chi connectivity index (χ4n) is 17.4. The van der Waals surface area contributed by atoms with Gasteiger partial charge in [-0.2, -0.15) is 0 Å². The molecule has 2 aliphatic rings. The molecule has 0 unspecified atom stereocenters. The Balaban J connectivity index is 0.900. The number of rotatable bonds is 11. The smallest absolute Gasteiger partial charge is 0.252 e. The molecule has 0 N–H and O–H groups in total. The topological polar surface area (TPSA) is 14.7 Å². The Morgan fingerprint density at radius 1 is 0.262 bits per heavy atom. The van der Waals surface area contributed by atoms with Gasteiger partial charge in [0.15, 0.2) is 0 Å². The van der Waals surface area contributed by atoms with Crippen LogP contribution in [0.15, 0.2) is 358 Å². The van der Waals surface area contributed by atoms with E-state index in [1.807, 2.05) is 0 Å². The van der Waals surface area contributed by atoms with Gasteiger partial charge in [-0.25, -0.2) is 0 Å². The van der Waals surface area contributed by atoms with Crippen LogP contribution in [0, 0.1) is 0 Å². The number of aromatic nitrogens is 1. The number of fused-ring (bicyclic) bond motifs is 7. The zero-order chi connectivity index (χ0) is 71.8. The molecule has 20 rings (SSSR count). The normalized spacial score (nSPS) is 12.7. The van der Waals surface area contributed by atoms with Crippen molar-refractivity contribution >= 4 is 128 Å². The molecular weight excluding hydrogens is 1290 g/mol. The Hall–Kier alpha value is -13.0. The Bertz CT molecular complexity index is 6340. The molecule has 0 amide bonds. The largest absolute Gasteiger partial charge is 0.311 e. The third kappa shape index (κ3) is 10.7. The minimum Gasteiger partial charge on any atom is -0.311 e. The summed E-state index contributed by atoms with van der Waals surface area (Å²) < 4.78 is 2.48. The van der Waals surface area contributed by atoms with Gasteiger partial charge in [0.2, 0.25) is 0 Å². The van der Waals surface area contributed by atoms with Gasteiger partial charge in [0.05, 0.1) is 16.7 Å². The molecule has 5 heteroatoms. The summed E-state index contributed by atoms with van der Waals surface area (Å²) in [5, 5.41) is 10.2. The fraction of sp³-hybridized carbons (Fsp3) is 0.0784. The zero-order valence-corrected chi connectivity index (χ0v) is 60.9. The van der Waals surface area contributed by atoms with Crippen molar-refractivity contribution in [3.63, 3.8) is 0 Å². The highest BCUT2D eigenvalue weighted by Gasteiger charge is 2.45. The first kappa shape index (κ1) is 63.7. The molecule has 0 spiro atoms. The zero-order valence-electron chi connectivity index (χ0n) is 60.9. The van der Waals surface area contributed by atoms with E-state index in [-0.39, 0.29) is 17.5 Å². The maximum Gasteiger partial charge on any atom is 0.252 e. The first-order chi connectivity index (χ1) is 52.3. The molecule has 2 aliphatic heterocycles. The summed E-state index contributed by atoms with van der Waals surface area (Å²) >= 11 is 0. The van der Waals surface area contributed by atoms with E-state index in [1.54, 1.807) is 0 Å². The summed E-state index contributed by atoms with van der Waals surface area (Å²) in [5.74, 6) is 0. The number of hydrogen-bond acceptors (Lipinski definition) is 3. The van der Waals surface area contributed by atoms with Gasteiger partial charge in [0, 0.05) is 62.0 Å². The molecule has 0 bridgehead atoms. The van der Waals surface area contributed by atoms with Crippen LogP contribution in [-0.4, -0.2) is 11.3 Å². The monoisotopic (exact) mass is 1370 g/mol. The first-order valence-corrected chi connectivity index (χ1v) is 37.6. The summed E-state index contributed by atoms with van der Waals surface area (Å²) in [6, 6.07) is 135. The summed E-state index contributed by atoms with van der Waals surface area (Å²) in [5.41, 5.74) is 31.0. The highest BCUT2D eigenvalue weighted by molar-refractivity contribution is 7.00. The van der Waals surface area contributed by atoms with Crippen molar-refractivity contribution in [2.45, 2.75) is 52.4 Å². The second kappa shape index (κ2) is 24.9. The summed E-state index contributed by atoms with van der Waals surface area (Å²) in [6.45, 7) is 13.9. The minimum atomic E-state index is -0.219. The lowest BCUT2D eigenvalue weighted by molar-refractivity contribution is 0.591. The van der Waals surface area contributed by atoms with Crippen molar-refractivity contribution in [3.05, 3.63) is 369 Å². The van der Waals surface area contributed by atoms with Gasteiger partial charge in [-0.1, -0.05) is 296 Å². The van der Waals surface area contributed by atoms with Crippen LogP contribution in [0.4, 0.5) is 51.2 Å². The molecule has 3 heterocycles. The number of anilines is 9. The molecule has 0 atom stereocenters. The Kier molecular flexibility index (Phi) is 14.8. The molecule has 4 nitrogen and oxygen atoms in total. The van der Waals surface area contributed by atoms with Crippen molar-refractivity contribution < 1.29 is 0 Å². The molecular formula is C102H77BN4. The summed E-state index contributed by atoms with van der Waals surface area (Å²) in [4.78, 5) is 7.70. The number of hydrogen-bond donors (Lipinski definition) is 0. The maximum absolute atomic E-state index is 2.62. The van der Waals surface area contributed by atoms with Gasteiger partial charge in [-0.15, -0.1) is 0 Å². The van der Waals surface area contributed by atoms with Crippen LogP contribution < -0.4 is 31.1 Å². The van der Waals surface area contributed by atoms with E-state index < -0.39 is 0 Å². The van der Waals surface area contributed by atoms with Crippen LogP contribution in [0.3, 0.4) is 0 Å². The SMILES string of the molecule is CC(C)(C)c1cc2ccc3cc(C(C)(C)C)cc4c(-c5ccc6c(c5)N(c5ccc(-c7ccccc7)cc5)c5cc(N(c7ccc(-c8ccccc8)cc7)c7ccc(-c8ccccc8)cc7)cc7c5B6c5ccc(-n6c8ccccc8c8ccccc86)cc5N7c5ccc(-c6ccccc6)cc5)cc(c1)c2c34. The van der Waals surface area contributed by atoms with E-state index >= 15 is 0 Å². The molecule has 0 fully saturated rings. The number of para-hydroxylation sites is 2. The second-order valence-corrected chi connectivity index (χ2v) is 31.3. The predicted molar refractivity (Wildman–Crippen MR) is 458 cm³/mol. The molecule has 107 heavy (non-hydrogen) atoms. The molecule has 0 saturated heterocycles. The van der Waals surface area contributed by atoms with Gasteiger partial charge in [0.25, 0.3) is 6.71 Å². The van der Waals surface area contributed by atoms with Crippen LogP contribution in [0.5, 0.6) is 0 Å². The van der Waals surface area contributed by atoms with Crippen LogP contribution >= 0.6 is 0 Å². The van der Waals surface area contributed by atoms with Crippen molar-refractivity contribution in [1.29, 1.82) is 0 Å². The highest BCUT2D eigenvalue weighted by Crippen LogP contribution is 2.52. The van der Waals surface area contributed by atoms with Crippen LogP contribution in [0.2, 0.25) is 0 Å². The van der Waals surface area contributed by atoms with Gasteiger partial charge in [-0.05, 0) is 229 Å². The molecule has 18 aromatic rings. The van der Waals surface area contributed by atoms with Gasteiger partial charge >= 0.3 is 0 Å². The predicted octanol–water partition coefficient (Wildman–Crippen LogP) is 26.2. The Labute approximate surface area is 626 Å². The average Bonchev–Trinajstić information content (AvgIpc) is 0.822. The standard InChI is InChI=1S/C102H77BN4/c1-101(2,3)78-57-75-35-36-76-58-79(102(4,5)6)62-89-88(60-77(59-78)98(75)99(76)89)74-45-55-90-94(61-74)105(82-50-41-72(42-51-82)68-27-15-9-16-28-68)96-64-85(104(80-46-37-70(38-47-80)66-23-11-7-12-24-66)81-48-39-71(40-49-81)67-25-13-8-14-26-67)65-97-100(96)103(90)91-56-54-84(107-92-33-21-19-31-86(92)87-32-20-22-34-93(87)107)63-95(91)106(97)83-52-43-73(44-53-83)69-29-17-10-18-30-69/h7-65H,1-6H3. The van der Waals surface area contributed by atoms with Gasteiger partial charge in [0.1, 0.15) is 0 Å². The van der Waals surface area contributed by atoms with Crippen LogP contribution in [0.1, 0.15) is 52.7 Å². The maximum atomic E-state index is 2.62. The lowest BCUT2D eigenvalue weighted by Crippen LogP contribution is -2.61. The number of benzene rings is 17. The minimum absolute atomic E-state index is 0.0635. The average molecular weight is 1370 g/mol. The second-order valence-electron chi connectivity index (χ2n) is 31.3. The van der Waals surface area contributed by atoms with E-state index in [0.717, 1.165) is 79.1 Å². The molecule has 1 aromatic heterocycles. The van der Waals surface area contributed by atoms with Crippen molar-refractivity contribution in [3.8, 4) is 61.3 Å². The Morgan fingerprint density at radius 3 is 1.10 bits per heavy atom. The fourth-order valence-corrected chi connectivity index (χ4v) is 17.4. The van der Waals surface area contributed by atoms with Crippen molar-refractivity contribution in [2.75, 3.05) is 14.7 Å². The lowest BCUT2D eigenvalue weighted by Gasteiger charge is -2.45. The first-order valence-electron chi connectivity index (χ1n) is 37.6. The van der Waals surface area contributed by atoms with E-state index in [1.165, 1.54) is 115 Å². The third-order valence-corrected chi connectivity index (χ3v) is 22.8.